The first-order chi connectivity index (χ1) is 6.52. The molecule has 1 aromatic carbocycles. The van der Waals surface area contributed by atoms with Gasteiger partial charge in [0.05, 0.1) is 11.4 Å². The molecule has 80 valence electrons. The molecule has 1 aromatic rings. The molecule has 0 atom stereocenters. The fraction of sp³-hybridized carbons (Fsp3) is 0.500. The number of aryl methyl sites for hydroxylation is 1. The fourth-order valence-electron chi connectivity index (χ4n) is 1.19. The van der Waals surface area contributed by atoms with Crippen LogP contribution in [0.1, 0.15) is 44.7 Å². The number of nitrogens with two attached hydrogens (primary N) is 2. The maximum atomic E-state index is 5.73. The van der Waals surface area contributed by atoms with E-state index in [1.165, 1.54) is 5.56 Å². The van der Waals surface area contributed by atoms with Crippen LogP contribution in [0.25, 0.3) is 0 Å². The number of benzene rings is 1. The Morgan fingerprint density at radius 1 is 1.07 bits per heavy atom. The van der Waals surface area contributed by atoms with Crippen molar-refractivity contribution >= 4 is 11.4 Å². The summed E-state index contributed by atoms with van der Waals surface area (Å²) in [6.07, 6.45) is 0. The Kier molecular flexibility index (Phi) is 5.06. The molecule has 1 rings (SSSR count). The molecule has 0 heterocycles. The molecule has 0 saturated heterocycles. The zero-order chi connectivity index (χ0) is 11.3. The van der Waals surface area contributed by atoms with Gasteiger partial charge < -0.3 is 11.5 Å². The molecule has 0 aliphatic carbocycles. The Labute approximate surface area is 87.3 Å². The molecule has 0 bridgehead atoms. The first-order valence-corrected chi connectivity index (χ1v) is 5.18. The van der Waals surface area contributed by atoms with Crippen LogP contribution in [-0.2, 0) is 0 Å². The molecule has 0 fully saturated rings. The molecule has 4 N–H and O–H groups in total. The first kappa shape index (κ1) is 12.8. The van der Waals surface area contributed by atoms with E-state index in [0.29, 0.717) is 17.3 Å². The summed E-state index contributed by atoms with van der Waals surface area (Å²) >= 11 is 0. The quantitative estimate of drug-likeness (QED) is 0.674. The first-order valence-electron chi connectivity index (χ1n) is 5.18. The van der Waals surface area contributed by atoms with Gasteiger partial charge in [0.2, 0.25) is 0 Å². The monoisotopic (exact) mass is 194 g/mol. The van der Waals surface area contributed by atoms with Gasteiger partial charge in [0.25, 0.3) is 0 Å². The van der Waals surface area contributed by atoms with Gasteiger partial charge in [0.15, 0.2) is 0 Å². The van der Waals surface area contributed by atoms with E-state index in [2.05, 4.69) is 19.9 Å². The zero-order valence-corrected chi connectivity index (χ0v) is 9.89. The minimum absolute atomic E-state index is 0.506. The van der Waals surface area contributed by atoms with Crippen LogP contribution >= 0.6 is 0 Å². The van der Waals surface area contributed by atoms with E-state index in [1.807, 2.05) is 26.8 Å². The zero-order valence-electron chi connectivity index (χ0n) is 9.89. The van der Waals surface area contributed by atoms with Crippen molar-refractivity contribution in [3.63, 3.8) is 0 Å². The number of nitrogen functional groups attached to an aromatic ring is 2. The lowest BCUT2D eigenvalue weighted by molar-refractivity contribution is 0.866. The van der Waals surface area contributed by atoms with Gasteiger partial charge in [-0.1, -0.05) is 33.8 Å². The van der Waals surface area contributed by atoms with Gasteiger partial charge in [-0.3, -0.25) is 0 Å². The molecular weight excluding hydrogens is 172 g/mol. The molecule has 0 radical (unpaired) electrons. The lowest BCUT2D eigenvalue weighted by atomic mass is 9.99. The number of anilines is 2. The third-order valence-electron chi connectivity index (χ3n) is 2.11. The Morgan fingerprint density at radius 3 is 1.93 bits per heavy atom. The van der Waals surface area contributed by atoms with Gasteiger partial charge in [-0.2, -0.15) is 0 Å². The molecule has 0 spiro atoms. The molecule has 2 heteroatoms. The molecule has 0 unspecified atom stereocenters. The van der Waals surface area contributed by atoms with Gasteiger partial charge in [0.1, 0.15) is 0 Å². The summed E-state index contributed by atoms with van der Waals surface area (Å²) in [5.74, 6) is 0.506. The van der Waals surface area contributed by atoms with E-state index in [0.717, 1.165) is 5.56 Å². The second-order valence-corrected chi connectivity index (χ2v) is 3.50. The smallest absolute Gasteiger partial charge is 0.0577 e. The second-order valence-electron chi connectivity index (χ2n) is 3.50. The molecule has 0 amide bonds. The van der Waals surface area contributed by atoms with E-state index >= 15 is 0 Å². The van der Waals surface area contributed by atoms with Crippen molar-refractivity contribution in [2.75, 3.05) is 11.5 Å². The Bertz CT molecular complexity index is 267. The van der Waals surface area contributed by atoms with E-state index in [-0.39, 0.29) is 0 Å². The SMILES string of the molecule is CC.Cc1cc(C(C)C)cc(N)c1N. The largest absolute Gasteiger partial charge is 0.397 e. The van der Waals surface area contributed by atoms with Crippen molar-refractivity contribution in [2.24, 2.45) is 0 Å². The van der Waals surface area contributed by atoms with Gasteiger partial charge >= 0.3 is 0 Å². The van der Waals surface area contributed by atoms with E-state index in [4.69, 9.17) is 11.5 Å². The van der Waals surface area contributed by atoms with Crippen LogP contribution in [-0.4, -0.2) is 0 Å². The average molecular weight is 194 g/mol. The summed E-state index contributed by atoms with van der Waals surface area (Å²) in [5.41, 5.74) is 15.2. The minimum atomic E-state index is 0.506. The van der Waals surface area contributed by atoms with Crippen LogP contribution < -0.4 is 11.5 Å². The highest BCUT2D eigenvalue weighted by atomic mass is 14.7. The second kappa shape index (κ2) is 5.53. The molecular formula is C12H22N2. The molecule has 0 aliphatic rings. The van der Waals surface area contributed by atoms with E-state index in [1.54, 1.807) is 0 Å². The topological polar surface area (TPSA) is 52.0 Å². The third-order valence-corrected chi connectivity index (χ3v) is 2.11. The average Bonchev–Trinajstić information content (AvgIpc) is 2.16. The number of rotatable bonds is 1. The number of hydrogen-bond acceptors (Lipinski definition) is 2. The van der Waals surface area contributed by atoms with Crippen molar-refractivity contribution in [1.82, 2.24) is 0 Å². The van der Waals surface area contributed by atoms with E-state index < -0.39 is 0 Å². The maximum absolute atomic E-state index is 5.73. The third kappa shape index (κ3) is 2.95. The van der Waals surface area contributed by atoms with Gasteiger partial charge in [0, 0.05) is 0 Å². The summed E-state index contributed by atoms with van der Waals surface area (Å²) in [6.45, 7) is 10.3. The standard InChI is InChI=1S/C10H16N2.C2H6/c1-6(2)8-4-7(3)10(12)9(11)5-8;1-2/h4-6H,11-12H2,1-3H3;1-2H3. The normalized spacial score (nSPS) is 9.57. The van der Waals surface area contributed by atoms with Crippen LogP contribution in [0.2, 0.25) is 0 Å². The van der Waals surface area contributed by atoms with E-state index in [9.17, 15) is 0 Å². The lowest BCUT2D eigenvalue weighted by Gasteiger charge is -2.10. The number of hydrogen-bond donors (Lipinski definition) is 2. The van der Waals surface area contributed by atoms with Crippen molar-refractivity contribution < 1.29 is 0 Å². The Hall–Kier alpha value is -1.18. The summed E-state index contributed by atoms with van der Waals surface area (Å²) in [7, 11) is 0. The predicted octanol–water partition coefficient (Wildman–Crippen LogP) is 3.31. The summed E-state index contributed by atoms with van der Waals surface area (Å²) < 4.78 is 0. The van der Waals surface area contributed by atoms with Crippen LogP contribution in [0.5, 0.6) is 0 Å². The van der Waals surface area contributed by atoms with Crippen LogP contribution in [0, 0.1) is 6.92 Å². The van der Waals surface area contributed by atoms with Gasteiger partial charge in [-0.05, 0) is 30.0 Å². The highest BCUT2D eigenvalue weighted by Crippen LogP contribution is 2.25. The van der Waals surface area contributed by atoms with Gasteiger partial charge in [-0.25, -0.2) is 0 Å². The van der Waals surface area contributed by atoms with Gasteiger partial charge in [-0.15, -0.1) is 0 Å². The Morgan fingerprint density at radius 2 is 1.57 bits per heavy atom. The molecule has 2 nitrogen and oxygen atoms in total. The fourth-order valence-corrected chi connectivity index (χ4v) is 1.19. The molecule has 0 aliphatic heterocycles. The summed E-state index contributed by atoms with van der Waals surface area (Å²) in [4.78, 5) is 0. The maximum Gasteiger partial charge on any atom is 0.0577 e. The van der Waals surface area contributed by atoms with Crippen LogP contribution in [0.15, 0.2) is 12.1 Å². The van der Waals surface area contributed by atoms with Crippen molar-refractivity contribution in [3.8, 4) is 0 Å². The highest BCUT2D eigenvalue weighted by molar-refractivity contribution is 5.68. The molecule has 14 heavy (non-hydrogen) atoms. The summed E-state index contributed by atoms with van der Waals surface area (Å²) in [6, 6.07) is 4.04. The minimum Gasteiger partial charge on any atom is -0.397 e. The molecule has 0 saturated carbocycles. The summed E-state index contributed by atoms with van der Waals surface area (Å²) in [5, 5.41) is 0. The van der Waals surface area contributed by atoms with Crippen molar-refractivity contribution in [1.29, 1.82) is 0 Å². The lowest BCUT2D eigenvalue weighted by Crippen LogP contribution is -2.00. The molecule has 0 aromatic heterocycles. The predicted molar refractivity (Wildman–Crippen MR) is 65.4 cm³/mol. The van der Waals surface area contributed by atoms with Crippen molar-refractivity contribution in [3.05, 3.63) is 23.3 Å². The van der Waals surface area contributed by atoms with Crippen LogP contribution in [0.3, 0.4) is 0 Å². The van der Waals surface area contributed by atoms with Crippen LogP contribution in [0.4, 0.5) is 11.4 Å². The van der Waals surface area contributed by atoms with Crippen molar-refractivity contribution in [2.45, 2.75) is 40.5 Å². The Balaban J connectivity index is 0.000000791. The highest BCUT2D eigenvalue weighted by Gasteiger charge is 2.04.